The number of hydrogen-bond acceptors (Lipinski definition) is 8. The number of nitrogens with two attached hydrogens (primary N) is 1. The van der Waals surface area contributed by atoms with Gasteiger partial charge in [0.1, 0.15) is 0 Å². The summed E-state index contributed by atoms with van der Waals surface area (Å²) in [5.74, 6) is -2.52. The molecule has 0 unspecified atom stereocenters. The summed E-state index contributed by atoms with van der Waals surface area (Å²) in [4.78, 5) is 89.6. The fourth-order valence-corrected chi connectivity index (χ4v) is 6.81. The Labute approximate surface area is 352 Å². The quantitative estimate of drug-likeness (QED) is 0.0614. The standard InChI is InChI=1S/C44H75N7O8/c1-26(2)16-33(48-38(52)18-30(9)46-42(56)24-36(45)28(5)6)21-40(54)50-35(20-32-14-12-11-13-15-32)22-41(55)51-37(29(7)8)25-43(57)47-31(10)19-39(53)49-34(17-27(3)4)23-44(58)59/h11-15,26-31,33-37H,16-25,45H2,1-10H3,(H,46,56)(H,47,57)(H,48,52)(H,49,53)(H,50,54)(H,51,55)(H,58,59)/t30-,31-,33-,34-,35-,36-,37-/m0/s1. The van der Waals surface area contributed by atoms with Crippen molar-refractivity contribution in [2.24, 2.45) is 29.4 Å². The molecule has 0 radical (unpaired) electrons. The molecule has 1 aromatic carbocycles. The molecule has 6 amide bonds. The molecule has 0 heterocycles. The molecule has 0 saturated heterocycles. The van der Waals surface area contributed by atoms with E-state index >= 15 is 0 Å². The Kier molecular flexibility index (Phi) is 24.3. The summed E-state index contributed by atoms with van der Waals surface area (Å²) in [7, 11) is 0. The Morgan fingerprint density at radius 2 is 0.898 bits per heavy atom. The van der Waals surface area contributed by atoms with Crippen LogP contribution in [0.5, 0.6) is 0 Å². The van der Waals surface area contributed by atoms with Crippen molar-refractivity contribution in [1.82, 2.24) is 31.9 Å². The van der Waals surface area contributed by atoms with Crippen LogP contribution in [0.15, 0.2) is 30.3 Å². The van der Waals surface area contributed by atoms with E-state index in [1.807, 2.05) is 85.7 Å². The van der Waals surface area contributed by atoms with Gasteiger partial charge in [-0.1, -0.05) is 85.7 Å². The molecule has 1 aromatic rings. The number of carbonyl (C=O) groups is 7. The molecule has 0 aliphatic rings. The molecule has 15 heteroatoms. The number of carboxylic acids is 1. The Morgan fingerprint density at radius 1 is 0.492 bits per heavy atom. The van der Waals surface area contributed by atoms with E-state index in [1.54, 1.807) is 13.8 Å². The molecule has 59 heavy (non-hydrogen) atoms. The predicted molar refractivity (Wildman–Crippen MR) is 230 cm³/mol. The van der Waals surface area contributed by atoms with Gasteiger partial charge >= 0.3 is 5.97 Å². The van der Waals surface area contributed by atoms with Gasteiger partial charge in [0.15, 0.2) is 0 Å². The van der Waals surface area contributed by atoms with Crippen LogP contribution in [-0.4, -0.2) is 88.8 Å². The minimum atomic E-state index is -1.00. The number of carboxylic acid groups (broad SMARTS) is 1. The van der Waals surface area contributed by atoms with Crippen molar-refractivity contribution < 1.29 is 38.7 Å². The Bertz CT molecular complexity index is 1490. The van der Waals surface area contributed by atoms with Crippen LogP contribution < -0.4 is 37.6 Å². The molecule has 0 aliphatic carbocycles. The van der Waals surface area contributed by atoms with Gasteiger partial charge in [-0.15, -0.1) is 0 Å². The molecule has 0 aliphatic heterocycles. The predicted octanol–water partition coefficient (Wildman–Crippen LogP) is 3.72. The zero-order valence-corrected chi connectivity index (χ0v) is 37.2. The number of nitrogens with one attached hydrogen (secondary N) is 6. The molecule has 15 nitrogen and oxygen atoms in total. The fraction of sp³-hybridized carbons (Fsp3) is 0.705. The van der Waals surface area contributed by atoms with Gasteiger partial charge in [0.05, 0.1) is 6.42 Å². The summed E-state index contributed by atoms with van der Waals surface area (Å²) < 4.78 is 0. The van der Waals surface area contributed by atoms with Crippen LogP contribution in [-0.2, 0) is 40.0 Å². The molecular formula is C44H75N7O8. The van der Waals surface area contributed by atoms with E-state index in [0.717, 1.165) is 5.56 Å². The summed E-state index contributed by atoms with van der Waals surface area (Å²) in [5.41, 5.74) is 6.94. The number of aliphatic carboxylic acids is 1. The van der Waals surface area contributed by atoms with Crippen LogP contribution in [0.1, 0.15) is 133 Å². The van der Waals surface area contributed by atoms with E-state index in [-0.39, 0.29) is 110 Å². The smallest absolute Gasteiger partial charge is 0.305 e. The second-order valence-corrected chi connectivity index (χ2v) is 17.8. The van der Waals surface area contributed by atoms with E-state index in [4.69, 9.17) is 5.73 Å². The Balaban J connectivity index is 2.92. The SMILES string of the molecule is CC(C)C[C@@H](CC(=O)O)NC(=O)C[C@H](C)NC(=O)C[C@H](NC(=O)C[C@H](Cc1ccccc1)NC(=O)C[C@H](CC(C)C)NC(=O)C[C@H](C)NC(=O)C[C@H](N)C(C)C)C(C)C. The van der Waals surface area contributed by atoms with Crippen molar-refractivity contribution in [3.8, 4) is 0 Å². The van der Waals surface area contributed by atoms with Crippen LogP contribution in [0.4, 0.5) is 0 Å². The summed E-state index contributed by atoms with van der Waals surface area (Å²) in [6.45, 7) is 19.0. The molecule has 1 rings (SSSR count). The summed E-state index contributed by atoms with van der Waals surface area (Å²) in [6.07, 6.45) is 1.29. The lowest BCUT2D eigenvalue weighted by molar-refractivity contribution is -0.138. The van der Waals surface area contributed by atoms with Crippen LogP contribution in [0.3, 0.4) is 0 Å². The Hall–Kier alpha value is -4.53. The van der Waals surface area contributed by atoms with Crippen molar-refractivity contribution in [3.05, 3.63) is 35.9 Å². The Morgan fingerprint density at radius 3 is 1.36 bits per heavy atom. The van der Waals surface area contributed by atoms with Gasteiger partial charge < -0.3 is 42.7 Å². The zero-order valence-electron chi connectivity index (χ0n) is 37.2. The summed E-state index contributed by atoms with van der Waals surface area (Å²) in [5, 5.41) is 26.6. The fourth-order valence-electron chi connectivity index (χ4n) is 6.81. The monoisotopic (exact) mass is 830 g/mol. The second-order valence-electron chi connectivity index (χ2n) is 17.8. The molecule has 0 spiro atoms. The lowest BCUT2D eigenvalue weighted by Gasteiger charge is -2.26. The highest BCUT2D eigenvalue weighted by atomic mass is 16.4. The maximum absolute atomic E-state index is 13.6. The number of carbonyl (C=O) groups excluding carboxylic acids is 6. The third-order valence-corrected chi connectivity index (χ3v) is 9.85. The first-order valence-electron chi connectivity index (χ1n) is 21.3. The van der Waals surface area contributed by atoms with Crippen molar-refractivity contribution in [3.63, 3.8) is 0 Å². The van der Waals surface area contributed by atoms with E-state index in [2.05, 4.69) is 31.9 Å². The van der Waals surface area contributed by atoms with Crippen LogP contribution >= 0.6 is 0 Å². The summed E-state index contributed by atoms with van der Waals surface area (Å²) >= 11 is 0. The van der Waals surface area contributed by atoms with Crippen LogP contribution in [0.2, 0.25) is 0 Å². The van der Waals surface area contributed by atoms with Gasteiger partial charge in [-0.2, -0.15) is 0 Å². The molecule has 0 bridgehead atoms. The second kappa shape index (κ2) is 27.3. The molecule has 9 N–H and O–H groups in total. The molecule has 334 valence electrons. The third-order valence-electron chi connectivity index (χ3n) is 9.85. The molecule has 0 aromatic heterocycles. The molecular weight excluding hydrogens is 755 g/mol. The van der Waals surface area contributed by atoms with Crippen molar-refractivity contribution in [2.75, 3.05) is 0 Å². The van der Waals surface area contributed by atoms with Crippen LogP contribution in [0.25, 0.3) is 0 Å². The third kappa shape index (κ3) is 24.9. The summed E-state index contributed by atoms with van der Waals surface area (Å²) in [6, 6.07) is 6.10. The van der Waals surface area contributed by atoms with Crippen LogP contribution in [0, 0.1) is 23.7 Å². The topological polar surface area (TPSA) is 238 Å². The lowest BCUT2D eigenvalue weighted by Crippen LogP contribution is -2.48. The number of hydrogen-bond donors (Lipinski definition) is 8. The lowest BCUT2D eigenvalue weighted by atomic mass is 9.97. The molecule has 7 atom stereocenters. The van der Waals surface area contributed by atoms with E-state index < -0.39 is 42.2 Å². The maximum Gasteiger partial charge on any atom is 0.305 e. The van der Waals surface area contributed by atoms with Crippen molar-refractivity contribution >= 4 is 41.4 Å². The first-order valence-corrected chi connectivity index (χ1v) is 21.3. The number of benzene rings is 1. The number of rotatable bonds is 28. The average molecular weight is 830 g/mol. The first kappa shape index (κ1) is 52.5. The first-order chi connectivity index (χ1) is 27.5. The highest BCUT2D eigenvalue weighted by Crippen LogP contribution is 2.14. The number of amides is 6. The highest BCUT2D eigenvalue weighted by Gasteiger charge is 2.27. The van der Waals surface area contributed by atoms with Gasteiger partial charge in [-0.05, 0) is 62.3 Å². The largest absolute Gasteiger partial charge is 0.481 e. The van der Waals surface area contributed by atoms with E-state index in [0.29, 0.717) is 19.3 Å². The van der Waals surface area contributed by atoms with Crippen molar-refractivity contribution in [2.45, 2.75) is 176 Å². The van der Waals surface area contributed by atoms with E-state index in [1.165, 1.54) is 0 Å². The zero-order chi connectivity index (χ0) is 44.8. The van der Waals surface area contributed by atoms with Gasteiger partial charge in [0, 0.05) is 80.8 Å². The normalized spacial score (nSPS) is 15.0. The maximum atomic E-state index is 13.6. The van der Waals surface area contributed by atoms with Gasteiger partial charge in [-0.3, -0.25) is 33.6 Å². The van der Waals surface area contributed by atoms with E-state index in [9.17, 15) is 38.7 Å². The minimum Gasteiger partial charge on any atom is -0.481 e. The minimum absolute atomic E-state index is 0.0102. The van der Waals surface area contributed by atoms with Gasteiger partial charge in [0.25, 0.3) is 0 Å². The average Bonchev–Trinajstić information content (AvgIpc) is 3.06. The van der Waals surface area contributed by atoms with Gasteiger partial charge in [-0.25, -0.2) is 0 Å². The highest BCUT2D eigenvalue weighted by molar-refractivity contribution is 5.84. The van der Waals surface area contributed by atoms with Gasteiger partial charge in [0.2, 0.25) is 35.4 Å². The molecule has 0 saturated carbocycles. The van der Waals surface area contributed by atoms with Crippen molar-refractivity contribution in [1.29, 1.82) is 0 Å². The molecule has 0 fully saturated rings.